The van der Waals surface area contributed by atoms with Gasteiger partial charge in [-0.05, 0) is 19.0 Å². The molecule has 1 aliphatic rings. The standard InChI is InChI=1S/C15H21N3O/c1-17-15(11-16,13-6-4-3-5-7-13)12-18-9-8-14(10-18)19-2/h3-7,14,17H,8-10,12H2,1-2H3. The second kappa shape index (κ2) is 6.16. The Morgan fingerprint density at radius 2 is 2.21 bits per heavy atom. The lowest BCUT2D eigenvalue weighted by Crippen LogP contribution is -2.48. The number of rotatable bonds is 5. The zero-order chi connectivity index (χ0) is 13.7. The Morgan fingerprint density at radius 1 is 1.47 bits per heavy atom. The van der Waals surface area contributed by atoms with E-state index in [1.807, 2.05) is 37.4 Å². The van der Waals surface area contributed by atoms with Crippen molar-refractivity contribution in [2.75, 3.05) is 33.8 Å². The molecule has 1 fully saturated rings. The molecule has 1 saturated heterocycles. The Hall–Kier alpha value is -1.41. The van der Waals surface area contributed by atoms with Crippen LogP contribution in [0.5, 0.6) is 0 Å². The minimum atomic E-state index is -0.649. The van der Waals surface area contributed by atoms with Crippen LogP contribution >= 0.6 is 0 Å². The maximum Gasteiger partial charge on any atom is 0.144 e. The van der Waals surface area contributed by atoms with E-state index in [9.17, 15) is 5.26 Å². The van der Waals surface area contributed by atoms with Crippen LogP contribution in [0.2, 0.25) is 0 Å². The molecule has 19 heavy (non-hydrogen) atoms. The third-order valence-corrected chi connectivity index (χ3v) is 3.91. The molecule has 0 aromatic heterocycles. The monoisotopic (exact) mass is 259 g/mol. The van der Waals surface area contributed by atoms with Gasteiger partial charge in [-0.25, -0.2) is 0 Å². The van der Waals surface area contributed by atoms with Crippen LogP contribution in [0.4, 0.5) is 0 Å². The smallest absolute Gasteiger partial charge is 0.144 e. The van der Waals surface area contributed by atoms with Crippen molar-refractivity contribution < 1.29 is 4.74 Å². The quantitative estimate of drug-likeness (QED) is 0.867. The van der Waals surface area contributed by atoms with E-state index in [4.69, 9.17) is 4.74 Å². The first-order valence-corrected chi connectivity index (χ1v) is 6.65. The van der Waals surface area contributed by atoms with Gasteiger partial charge in [0.1, 0.15) is 5.54 Å². The number of likely N-dealkylation sites (N-methyl/N-ethyl adjacent to an activating group) is 1. The van der Waals surface area contributed by atoms with Crippen molar-refractivity contribution in [3.05, 3.63) is 35.9 Å². The summed E-state index contributed by atoms with van der Waals surface area (Å²) in [7, 11) is 3.60. The van der Waals surface area contributed by atoms with Crippen LogP contribution in [-0.4, -0.2) is 44.8 Å². The van der Waals surface area contributed by atoms with E-state index >= 15 is 0 Å². The van der Waals surface area contributed by atoms with Crippen LogP contribution < -0.4 is 5.32 Å². The number of ether oxygens (including phenoxy) is 1. The van der Waals surface area contributed by atoms with Crippen LogP contribution in [0.1, 0.15) is 12.0 Å². The van der Waals surface area contributed by atoms with E-state index in [-0.39, 0.29) is 0 Å². The summed E-state index contributed by atoms with van der Waals surface area (Å²) >= 11 is 0. The van der Waals surface area contributed by atoms with Crippen LogP contribution in [0, 0.1) is 11.3 Å². The normalized spacial score (nSPS) is 22.9. The summed E-state index contributed by atoms with van der Waals surface area (Å²) in [5, 5.41) is 12.8. The van der Waals surface area contributed by atoms with Gasteiger partial charge in [-0.2, -0.15) is 5.26 Å². The number of likely N-dealkylation sites (tertiary alicyclic amines) is 1. The predicted molar refractivity (Wildman–Crippen MR) is 74.6 cm³/mol. The fourth-order valence-corrected chi connectivity index (χ4v) is 2.66. The molecule has 1 aliphatic heterocycles. The van der Waals surface area contributed by atoms with E-state index in [0.717, 1.165) is 25.1 Å². The Balaban J connectivity index is 2.15. The van der Waals surface area contributed by atoms with Crippen molar-refractivity contribution in [1.82, 2.24) is 10.2 Å². The average molecular weight is 259 g/mol. The minimum absolute atomic E-state index is 0.295. The summed E-state index contributed by atoms with van der Waals surface area (Å²) in [6.07, 6.45) is 1.33. The van der Waals surface area contributed by atoms with E-state index in [1.165, 1.54) is 0 Å². The molecule has 0 amide bonds. The zero-order valence-corrected chi connectivity index (χ0v) is 11.6. The van der Waals surface area contributed by atoms with Crippen molar-refractivity contribution in [2.45, 2.75) is 18.1 Å². The second-order valence-electron chi connectivity index (χ2n) is 5.01. The molecule has 2 atom stereocenters. The molecule has 0 bridgehead atoms. The maximum absolute atomic E-state index is 9.64. The van der Waals surface area contributed by atoms with Crippen LogP contribution in [0.3, 0.4) is 0 Å². The van der Waals surface area contributed by atoms with Gasteiger partial charge in [-0.3, -0.25) is 10.2 Å². The summed E-state index contributed by atoms with van der Waals surface area (Å²) in [5.74, 6) is 0. The van der Waals surface area contributed by atoms with Crippen LogP contribution in [0.25, 0.3) is 0 Å². The summed E-state index contributed by atoms with van der Waals surface area (Å²) in [6, 6.07) is 12.4. The Morgan fingerprint density at radius 3 is 2.74 bits per heavy atom. The van der Waals surface area contributed by atoms with E-state index in [2.05, 4.69) is 16.3 Å². The molecule has 4 heteroatoms. The maximum atomic E-state index is 9.64. The first kappa shape index (κ1) is 14.0. The number of methoxy groups -OCH3 is 1. The molecule has 0 aliphatic carbocycles. The first-order chi connectivity index (χ1) is 9.24. The highest BCUT2D eigenvalue weighted by molar-refractivity contribution is 5.32. The van der Waals surface area contributed by atoms with Crippen LogP contribution in [-0.2, 0) is 10.3 Å². The van der Waals surface area contributed by atoms with Crippen molar-refractivity contribution >= 4 is 0 Å². The Kier molecular flexibility index (Phi) is 4.54. The lowest BCUT2D eigenvalue weighted by atomic mass is 9.91. The summed E-state index contributed by atoms with van der Waals surface area (Å²) in [6.45, 7) is 2.56. The molecule has 1 aromatic carbocycles. The summed E-state index contributed by atoms with van der Waals surface area (Å²) in [5.41, 5.74) is 0.366. The highest BCUT2D eigenvalue weighted by atomic mass is 16.5. The lowest BCUT2D eigenvalue weighted by Gasteiger charge is -2.31. The highest BCUT2D eigenvalue weighted by Gasteiger charge is 2.35. The first-order valence-electron chi connectivity index (χ1n) is 6.65. The molecule has 0 spiro atoms. The highest BCUT2D eigenvalue weighted by Crippen LogP contribution is 2.24. The van der Waals surface area contributed by atoms with Crippen LogP contribution in [0.15, 0.2) is 30.3 Å². The molecule has 0 radical (unpaired) electrons. The molecule has 102 valence electrons. The molecule has 1 N–H and O–H groups in total. The van der Waals surface area contributed by atoms with Gasteiger partial charge in [0.05, 0.1) is 12.2 Å². The molecule has 4 nitrogen and oxygen atoms in total. The molecule has 1 aromatic rings. The topological polar surface area (TPSA) is 48.3 Å². The Bertz CT molecular complexity index is 442. The predicted octanol–water partition coefficient (Wildman–Crippen LogP) is 1.35. The van der Waals surface area contributed by atoms with Gasteiger partial charge in [-0.1, -0.05) is 30.3 Å². The van der Waals surface area contributed by atoms with Gasteiger partial charge in [0.15, 0.2) is 0 Å². The van der Waals surface area contributed by atoms with Gasteiger partial charge >= 0.3 is 0 Å². The lowest BCUT2D eigenvalue weighted by molar-refractivity contribution is 0.105. The average Bonchev–Trinajstić information content (AvgIpc) is 2.93. The van der Waals surface area contributed by atoms with Gasteiger partial charge in [0, 0.05) is 26.7 Å². The molecule has 0 saturated carbocycles. The summed E-state index contributed by atoms with van der Waals surface area (Å²) < 4.78 is 5.38. The fraction of sp³-hybridized carbons (Fsp3) is 0.533. The SMILES string of the molecule is CNC(C#N)(CN1CCC(OC)C1)c1ccccc1. The number of benzene rings is 1. The third kappa shape index (κ3) is 2.95. The number of hydrogen-bond donors (Lipinski definition) is 1. The number of nitrogens with one attached hydrogen (secondary N) is 1. The Labute approximate surface area is 115 Å². The molecule has 2 unspecified atom stereocenters. The van der Waals surface area contributed by atoms with Crippen molar-refractivity contribution in [1.29, 1.82) is 5.26 Å². The molecular weight excluding hydrogens is 238 g/mol. The third-order valence-electron chi connectivity index (χ3n) is 3.91. The summed E-state index contributed by atoms with van der Waals surface area (Å²) in [4.78, 5) is 2.29. The molecule has 1 heterocycles. The van der Waals surface area contributed by atoms with E-state index < -0.39 is 5.54 Å². The minimum Gasteiger partial charge on any atom is -0.380 e. The molecule has 2 rings (SSSR count). The number of nitriles is 1. The van der Waals surface area contributed by atoms with Gasteiger partial charge in [0.25, 0.3) is 0 Å². The second-order valence-corrected chi connectivity index (χ2v) is 5.01. The van der Waals surface area contributed by atoms with E-state index in [0.29, 0.717) is 12.6 Å². The van der Waals surface area contributed by atoms with Gasteiger partial charge in [0.2, 0.25) is 0 Å². The molecular formula is C15H21N3O. The van der Waals surface area contributed by atoms with Crippen molar-refractivity contribution in [3.63, 3.8) is 0 Å². The van der Waals surface area contributed by atoms with Gasteiger partial charge in [-0.15, -0.1) is 0 Å². The number of hydrogen-bond acceptors (Lipinski definition) is 4. The van der Waals surface area contributed by atoms with Crippen molar-refractivity contribution in [2.24, 2.45) is 0 Å². The zero-order valence-electron chi connectivity index (χ0n) is 11.6. The van der Waals surface area contributed by atoms with Crippen molar-refractivity contribution in [3.8, 4) is 6.07 Å². The van der Waals surface area contributed by atoms with Gasteiger partial charge < -0.3 is 4.74 Å². The van der Waals surface area contributed by atoms with E-state index in [1.54, 1.807) is 7.11 Å². The largest absolute Gasteiger partial charge is 0.380 e. The number of nitrogens with zero attached hydrogens (tertiary/aromatic N) is 2. The fourth-order valence-electron chi connectivity index (χ4n) is 2.66.